The highest BCUT2D eigenvalue weighted by Gasteiger charge is 2.23. The minimum absolute atomic E-state index is 0.00886. The van der Waals surface area contributed by atoms with Crippen LogP contribution in [0.5, 0.6) is 0 Å². The molecule has 0 amide bonds. The molecule has 0 aliphatic carbocycles. The molecule has 0 atom stereocenters. The van der Waals surface area contributed by atoms with Gasteiger partial charge in [-0.15, -0.1) is 0 Å². The largest absolute Gasteiger partial charge is 0.477 e. The molecule has 1 saturated heterocycles. The first kappa shape index (κ1) is 23.9. The standard InChI is InChI=1S/C23H21ClF2N4O3S/c1-2-28-12-15(22(32)33)21(31)14-10-18(26)20(11-19(14)28)29-5-7-30(8-6-29)23(34)27-13-3-4-17(25)16(24)9-13/h3-4,9-12H,2,5-8H2,1H3,(H,27,34)(H,32,33). The number of halogens is 3. The molecule has 1 aliphatic rings. The van der Waals surface area contributed by atoms with Gasteiger partial charge in [-0.1, -0.05) is 11.6 Å². The van der Waals surface area contributed by atoms with E-state index in [1.807, 2.05) is 16.7 Å². The van der Waals surface area contributed by atoms with Crippen molar-refractivity contribution in [2.75, 3.05) is 36.4 Å². The number of piperazine rings is 1. The van der Waals surface area contributed by atoms with Crippen molar-refractivity contribution < 1.29 is 18.7 Å². The van der Waals surface area contributed by atoms with Gasteiger partial charge in [-0.05, 0) is 49.5 Å². The summed E-state index contributed by atoms with van der Waals surface area (Å²) in [4.78, 5) is 27.7. The zero-order valence-electron chi connectivity index (χ0n) is 18.1. The van der Waals surface area contributed by atoms with Crippen molar-refractivity contribution in [3.05, 3.63) is 69.0 Å². The number of benzene rings is 2. The normalized spacial score (nSPS) is 13.9. The van der Waals surface area contributed by atoms with Gasteiger partial charge in [-0.25, -0.2) is 13.6 Å². The van der Waals surface area contributed by atoms with Gasteiger partial charge in [0, 0.05) is 50.0 Å². The van der Waals surface area contributed by atoms with Crippen molar-refractivity contribution >= 4 is 57.2 Å². The number of hydrogen-bond donors (Lipinski definition) is 2. The number of aromatic nitrogens is 1. The van der Waals surface area contributed by atoms with E-state index in [-0.39, 0.29) is 10.4 Å². The molecule has 0 spiro atoms. The van der Waals surface area contributed by atoms with Crippen LogP contribution in [0.3, 0.4) is 0 Å². The summed E-state index contributed by atoms with van der Waals surface area (Å²) in [6, 6.07) is 6.95. The van der Waals surface area contributed by atoms with Crippen LogP contribution in [0.4, 0.5) is 20.2 Å². The number of hydrogen-bond acceptors (Lipinski definition) is 4. The molecule has 2 N–H and O–H groups in total. The van der Waals surface area contributed by atoms with E-state index in [9.17, 15) is 19.1 Å². The number of carboxylic acid groups (broad SMARTS) is 1. The van der Waals surface area contributed by atoms with Crippen LogP contribution in [0.25, 0.3) is 10.9 Å². The SMILES string of the molecule is CCn1cc(C(=O)O)c(=O)c2cc(F)c(N3CCN(C(=S)Nc4ccc(F)c(Cl)c4)CC3)cc21. The molecular formula is C23H21ClF2N4O3S. The number of carbonyl (C=O) groups is 1. The zero-order chi connectivity index (χ0) is 24.6. The summed E-state index contributed by atoms with van der Waals surface area (Å²) in [6.07, 6.45) is 1.29. The molecular weight excluding hydrogens is 486 g/mol. The highest BCUT2D eigenvalue weighted by Crippen LogP contribution is 2.27. The van der Waals surface area contributed by atoms with E-state index in [4.69, 9.17) is 23.8 Å². The molecule has 34 heavy (non-hydrogen) atoms. The van der Waals surface area contributed by atoms with E-state index in [0.717, 1.165) is 6.07 Å². The van der Waals surface area contributed by atoms with Gasteiger partial charge in [-0.2, -0.15) is 0 Å². The maximum atomic E-state index is 15.0. The predicted octanol–water partition coefficient (Wildman–Crippen LogP) is 4.17. The Hall–Kier alpha value is -3.24. The van der Waals surface area contributed by atoms with E-state index in [1.54, 1.807) is 10.6 Å². The topological polar surface area (TPSA) is 77.8 Å². The van der Waals surface area contributed by atoms with Gasteiger partial charge in [0.05, 0.1) is 16.2 Å². The minimum Gasteiger partial charge on any atom is -0.477 e. The molecule has 0 saturated carbocycles. The zero-order valence-corrected chi connectivity index (χ0v) is 19.7. The summed E-state index contributed by atoms with van der Waals surface area (Å²) in [5.74, 6) is -2.45. The second kappa shape index (κ2) is 9.55. The fraction of sp³-hybridized carbons (Fsp3) is 0.261. The molecule has 7 nitrogen and oxygen atoms in total. The number of nitrogens with zero attached hydrogens (tertiary/aromatic N) is 3. The van der Waals surface area contributed by atoms with Crippen molar-refractivity contribution in [2.24, 2.45) is 0 Å². The quantitative estimate of drug-likeness (QED) is 0.514. The average Bonchev–Trinajstić information content (AvgIpc) is 2.81. The molecule has 0 radical (unpaired) electrons. The number of aromatic carboxylic acids is 1. The first-order valence-electron chi connectivity index (χ1n) is 10.6. The number of fused-ring (bicyclic) bond motifs is 1. The third-order valence-corrected chi connectivity index (χ3v) is 6.45. The Labute approximate surface area is 204 Å². The van der Waals surface area contributed by atoms with E-state index in [0.29, 0.717) is 54.7 Å². The van der Waals surface area contributed by atoms with Gasteiger partial charge in [0.25, 0.3) is 0 Å². The lowest BCUT2D eigenvalue weighted by Gasteiger charge is -2.37. The summed E-state index contributed by atoms with van der Waals surface area (Å²) in [5.41, 5.74) is 0.277. The Morgan fingerprint density at radius 3 is 2.47 bits per heavy atom. The molecule has 4 rings (SSSR count). The van der Waals surface area contributed by atoms with Crippen LogP contribution < -0.4 is 15.6 Å². The third-order valence-electron chi connectivity index (χ3n) is 5.80. The van der Waals surface area contributed by atoms with Crippen LogP contribution in [0, 0.1) is 11.6 Å². The molecule has 11 heteroatoms. The fourth-order valence-electron chi connectivity index (χ4n) is 3.98. The summed E-state index contributed by atoms with van der Waals surface area (Å²) in [6.45, 7) is 4.20. The van der Waals surface area contributed by atoms with Crippen LogP contribution in [0.2, 0.25) is 5.02 Å². The Morgan fingerprint density at radius 1 is 1.15 bits per heavy atom. The number of rotatable bonds is 4. The monoisotopic (exact) mass is 506 g/mol. The van der Waals surface area contributed by atoms with Gasteiger partial charge in [0.15, 0.2) is 5.11 Å². The second-order valence-electron chi connectivity index (χ2n) is 7.82. The van der Waals surface area contributed by atoms with Crippen LogP contribution in [-0.4, -0.2) is 51.8 Å². The maximum Gasteiger partial charge on any atom is 0.341 e. The van der Waals surface area contributed by atoms with Crippen molar-refractivity contribution in [1.82, 2.24) is 9.47 Å². The van der Waals surface area contributed by atoms with Crippen molar-refractivity contribution in [1.29, 1.82) is 0 Å². The molecule has 1 fully saturated rings. The lowest BCUT2D eigenvalue weighted by Crippen LogP contribution is -2.50. The van der Waals surface area contributed by atoms with E-state index in [2.05, 4.69) is 5.32 Å². The Bertz CT molecular complexity index is 1360. The van der Waals surface area contributed by atoms with Crippen molar-refractivity contribution in [3.8, 4) is 0 Å². The molecule has 2 heterocycles. The van der Waals surface area contributed by atoms with Gasteiger partial charge in [0.2, 0.25) is 5.43 Å². The first-order valence-corrected chi connectivity index (χ1v) is 11.3. The molecule has 0 unspecified atom stereocenters. The molecule has 3 aromatic rings. The van der Waals surface area contributed by atoms with Crippen LogP contribution in [-0.2, 0) is 6.54 Å². The first-order chi connectivity index (χ1) is 16.2. The lowest BCUT2D eigenvalue weighted by molar-refractivity contribution is 0.0695. The van der Waals surface area contributed by atoms with E-state index in [1.165, 1.54) is 24.4 Å². The fourth-order valence-corrected chi connectivity index (χ4v) is 4.46. The minimum atomic E-state index is -1.35. The van der Waals surface area contributed by atoms with Crippen LogP contribution in [0.15, 0.2) is 41.3 Å². The number of nitrogens with one attached hydrogen (secondary N) is 1. The molecule has 0 bridgehead atoms. The summed E-state index contributed by atoms with van der Waals surface area (Å²) >= 11 is 11.3. The highest BCUT2D eigenvalue weighted by molar-refractivity contribution is 7.80. The molecule has 1 aromatic heterocycles. The van der Waals surface area contributed by atoms with Gasteiger partial charge >= 0.3 is 5.97 Å². The summed E-state index contributed by atoms with van der Waals surface area (Å²) in [7, 11) is 0. The average molecular weight is 507 g/mol. The smallest absolute Gasteiger partial charge is 0.341 e. The van der Waals surface area contributed by atoms with Crippen molar-refractivity contribution in [3.63, 3.8) is 0 Å². The van der Waals surface area contributed by atoms with Crippen LogP contribution in [0.1, 0.15) is 17.3 Å². The number of pyridine rings is 1. The van der Waals surface area contributed by atoms with E-state index >= 15 is 4.39 Å². The highest BCUT2D eigenvalue weighted by atomic mass is 35.5. The summed E-state index contributed by atoms with van der Waals surface area (Å²) < 4.78 is 30.0. The Morgan fingerprint density at radius 2 is 1.85 bits per heavy atom. The molecule has 2 aromatic carbocycles. The predicted molar refractivity (Wildman–Crippen MR) is 132 cm³/mol. The number of aryl methyl sites for hydroxylation is 1. The number of carboxylic acids is 1. The van der Waals surface area contributed by atoms with Gasteiger partial charge in [0.1, 0.15) is 17.2 Å². The molecule has 178 valence electrons. The number of thiocarbonyl (C=S) groups is 1. The Kier molecular flexibility index (Phi) is 6.72. The maximum absolute atomic E-state index is 15.0. The lowest BCUT2D eigenvalue weighted by atomic mass is 10.1. The van der Waals surface area contributed by atoms with Gasteiger partial charge < -0.3 is 24.8 Å². The Balaban J connectivity index is 1.53. The molecule has 1 aliphatic heterocycles. The van der Waals surface area contributed by atoms with E-state index < -0.39 is 28.6 Å². The number of anilines is 2. The van der Waals surface area contributed by atoms with Crippen molar-refractivity contribution in [2.45, 2.75) is 13.5 Å². The van der Waals surface area contributed by atoms with Crippen LogP contribution >= 0.6 is 23.8 Å². The van der Waals surface area contributed by atoms with Gasteiger partial charge in [-0.3, -0.25) is 4.79 Å². The summed E-state index contributed by atoms with van der Waals surface area (Å²) in [5, 5.41) is 12.8. The second-order valence-corrected chi connectivity index (χ2v) is 8.61. The third kappa shape index (κ3) is 4.55.